The number of thiophene rings is 1. The molecule has 0 saturated heterocycles. The minimum absolute atomic E-state index is 0.0745. The Hall–Kier alpha value is -6.10. The van der Waals surface area contributed by atoms with Gasteiger partial charge in [0.05, 0.1) is 10.2 Å². The zero-order chi connectivity index (χ0) is 35.0. The molecule has 1 radical (unpaired) electrons. The molecular weight excluding hydrogens is 659 g/mol. The van der Waals surface area contributed by atoms with Gasteiger partial charge in [-0.2, -0.15) is 0 Å². The fraction of sp³-hybridized carbons (Fsp3) is 0.0612. The van der Waals surface area contributed by atoms with Crippen molar-refractivity contribution in [3.63, 3.8) is 0 Å². The van der Waals surface area contributed by atoms with Gasteiger partial charge in [0.2, 0.25) is 0 Å². The lowest BCUT2D eigenvalue weighted by atomic mass is 9.58. The van der Waals surface area contributed by atoms with Crippen LogP contribution < -0.4 is 16.2 Å². The minimum Gasteiger partial charge on any atom is -0.355 e. The van der Waals surface area contributed by atoms with Crippen molar-refractivity contribution in [1.82, 2.24) is 4.57 Å². The average molecular weight is 692 g/mol. The number of hydrogen-bond acceptors (Lipinski definition) is 2. The van der Waals surface area contributed by atoms with E-state index in [9.17, 15) is 0 Å². The molecule has 0 saturated carbocycles. The van der Waals surface area contributed by atoms with Crippen molar-refractivity contribution < 1.29 is 0 Å². The number of nitrogens with zero attached hydrogens (tertiary/aromatic N) is 1. The summed E-state index contributed by atoms with van der Waals surface area (Å²) in [5.41, 5.74) is 16.4. The molecule has 1 aliphatic heterocycles. The van der Waals surface area contributed by atoms with E-state index in [-0.39, 0.29) is 5.41 Å². The maximum Gasteiger partial charge on any atom is 0.197 e. The van der Waals surface area contributed by atoms with Crippen molar-refractivity contribution in [3.8, 4) is 27.9 Å². The number of benzene rings is 8. The zero-order valence-electron chi connectivity index (χ0n) is 29.4. The maximum atomic E-state index is 3.98. The lowest BCUT2D eigenvalue weighted by Gasteiger charge is -2.27. The number of rotatable bonds is 3. The van der Waals surface area contributed by atoms with Gasteiger partial charge < -0.3 is 9.88 Å². The molecule has 53 heavy (non-hydrogen) atoms. The Bertz CT molecular complexity index is 3220. The van der Waals surface area contributed by atoms with Crippen LogP contribution in [0.3, 0.4) is 0 Å². The summed E-state index contributed by atoms with van der Waals surface area (Å²) in [6, 6.07) is 56.3. The monoisotopic (exact) mass is 691 g/mol. The Balaban J connectivity index is 1.13. The van der Waals surface area contributed by atoms with Crippen LogP contribution in [0.2, 0.25) is 0 Å². The second-order valence-corrected chi connectivity index (χ2v) is 16.3. The predicted octanol–water partition coefficient (Wildman–Crippen LogP) is 12.0. The molecule has 2 aromatic heterocycles. The standard InChI is InChI=1S/C49H32BN2S/c1-49(2)39-19-9-7-16-33(39)34-23-22-31(27-40(34)49)51-42-26-29-13-4-3-12-28(29)24-37(42)38-25-30-14-5-6-15-32(30)46-44(38)50-41-20-11-18-36-45(41)52(46)47-35-17-8-10-21-43(35)53-48(36)47/h3-27,51H,1-2H3. The highest BCUT2D eigenvalue weighted by molar-refractivity contribution is 7.26. The second-order valence-electron chi connectivity index (χ2n) is 15.2. The van der Waals surface area contributed by atoms with Crippen LogP contribution >= 0.6 is 11.3 Å². The van der Waals surface area contributed by atoms with Crippen LogP contribution in [-0.4, -0.2) is 11.8 Å². The topological polar surface area (TPSA) is 17.0 Å². The SMILES string of the molecule is CC1(C)c2ccccc2-c2ccc(Nc3cc4ccccc4cc3-c3cc4ccccc4c4c3[B]c3cccc5c6sc7ccccc7c6n-4c35)cc21. The van der Waals surface area contributed by atoms with Gasteiger partial charge in [0.25, 0.3) is 0 Å². The molecule has 8 aromatic carbocycles. The lowest BCUT2D eigenvalue weighted by molar-refractivity contribution is 0.660. The number of fused-ring (bicyclic) bond motifs is 13. The molecule has 3 heterocycles. The summed E-state index contributed by atoms with van der Waals surface area (Å²) in [6.07, 6.45) is 0. The van der Waals surface area contributed by atoms with E-state index >= 15 is 0 Å². The van der Waals surface area contributed by atoms with Gasteiger partial charge in [0.15, 0.2) is 7.28 Å². The third-order valence-electron chi connectivity index (χ3n) is 12.0. The Morgan fingerprint density at radius 1 is 0.547 bits per heavy atom. The highest BCUT2D eigenvalue weighted by Gasteiger charge is 2.35. The zero-order valence-corrected chi connectivity index (χ0v) is 30.2. The number of para-hydroxylation sites is 1. The number of nitrogens with one attached hydrogen (secondary N) is 1. The van der Waals surface area contributed by atoms with Crippen LogP contribution in [0.1, 0.15) is 25.0 Å². The van der Waals surface area contributed by atoms with Crippen LogP contribution in [0.4, 0.5) is 11.4 Å². The molecule has 1 N–H and O–H groups in total. The van der Waals surface area contributed by atoms with E-state index in [2.05, 4.69) is 183 Å². The van der Waals surface area contributed by atoms with Crippen LogP contribution in [0.25, 0.3) is 80.7 Å². The van der Waals surface area contributed by atoms with E-state index in [0.29, 0.717) is 0 Å². The predicted molar refractivity (Wildman–Crippen MR) is 229 cm³/mol. The van der Waals surface area contributed by atoms with Crippen molar-refractivity contribution in [2.75, 3.05) is 5.32 Å². The third-order valence-corrected chi connectivity index (χ3v) is 13.1. The summed E-state index contributed by atoms with van der Waals surface area (Å²) < 4.78 is 5.27. The fourth-order valence-electron chi connectivity index (χ4n) is 9.50. The van der Waals surface area contributed by atoms with Gasteiger partial charge in [0, 0.05) is 54.4 Å². The van der Waals surface area contributed by atoms with Crippen LogP contribution in [-0.2, 0) is 5.41 Å². The smallest absolute Gasteiger partial charge is 0.197 e. The summed E-state index contributed by atoms with van der Waals surface area (Å²) in [5.74, 6) is 0. The molecule has 0 fully saturated rings. The second kappa shape index (κ2) is 10.5. The Morgan fingerprint density at radius 2 is 1.25 bits per heavy atom. The molecule has 10 aromatic rings. The van der Waals surface area contributed by atoms with Crippen molar-refractivity contribution in [3.05, 3.63) is 163 Å². The molecule has 12 rings (SSSR count). The van der Waals surface area contributed by atoms with E-state index < -0.39 is 0 Å². The first-order valence-corrected chi connectivity index (χ1v) is 19.2. The van der Waals surface area contributed by atoms with Gasteiger partial charge in [-0.1, -0.05) is 135 Å². The van der Waals surface area contributed by atoms with Gasteiger partial charge in [0.1, 0.15) is 0 Å². The number of aromatic nitrogens is 1. The minimum atomic E-state index is -0.0745. The van der Waals surface area contributed by atoms with Gasteiger partial charge in [-0.15, -0.1) is 11.3 Å². The summed E-state index contributed by atoms with van der Waals surface area (Å²) >= 11 is 1.91. The molecule has 0 spiro atoms. The largest absolute Gasteiger partial charge is 0.355 e. The maximum absolute atomic E-state index is 3.98. The fourth-order valence-corrected chi connectivity index (χ4v) is 10.7. The Labute approximate surface area is 312 Å². The molecule has 1 aliphatic carbocycles. The van der Waals surface area contributed by atoms with E-state index in [0.717, 1.165) is 11.4 Å². The molecule has 2 aliphatic rings. The van der Waals surface area contributed by atoms with Gasteiger partial charge >= 0.3 is 0 Å². The Morgan fingerprint density at radius 3 is 2.13 bits per heavy atom. The first kappa shape index (κ1) is 29.5. The normalized spacial score (nSPS) is 13.8. The molecule has 0 bridgehead atoms. The summed E-state index contributed by atoms with van der Waals surface area (Å²) in [5, 5.41) is 11.6. The highest BCUT2D eigenvalue weighted by atomic mass is 32.1. The molecule has 2 nitrogen and oxygen atoms in total. The van der Waals surface area contributed by atoms with Gasteiger partial charge in [-0.05, 0) is 85.8 Å². The van der Waals surface area contributed by atoms with Gasteiger partial charge in [-0.3, -0.25) is 0 Å². The van der Waals surface area contributed by atoms with Crippen LogP contribution in [0, 0.1) is 0 Å². The molecule has 0 atom stereocenters. The van der Waals surface area contributed by atoms with Crippen molar-refractivity contribution in [2.45, 2.75) is 19.3 Å². The first-order valence-electron chi connectivity index (χ1n) is 18.4. The molecule has 4 heteroatoms. The summed E-state index contributed by atoms with van der Waals surface area (Å²) in [6.45, 7) is 4.70. The van der Waals surface area contributed by atoms with Crippen molar-refractivity contribution in [2.24, 2.45) is 0 Å². The molecule has 247 valence electrons. The first-order chi connectivity index (χ1) is 26.0. The molecule has 0 unspecified atom stereocenters. The summed E-state index contributed by atoms with van der Waals surface area (Å²) in [4.78, 5) is 0. The Kier molecular flexibility index (Phi) is 5.84. The average Bonchev–Trinajstić information content (AvgIpc) is 3.80. The highest BCUT2D eigenvalue weighted by Crippen LogP contribution is 2.50. The molecule has 0 amide bonds. The van der Waals surface area contributed by atoms with E-state index in [1.807, 2.05) is 11.3 Å². The van der Waals surface area contributed by atoms with E-state index in [1.54, 1.807) is 0 Å². The van der Waals surface area contributed by atoms with Crippen LogP contribution in [0.15, 0.2) is 152 Å². The van der Waals surface area contributed by atoms with Gasteiger partial charge in [-0.25, -0.2) is 0 Å². The lowest BCUT2D eigenvalue weighted by Crippen LogP contribution is -2.37. The third kappa shape index (κ3) is 3.99. The number of hydrogen-bond donors (Lipinski definition) is 1. The number of anilines is 2. The van der Waals surface area contributed by atoms with E-state index in [1.165, 1.54) is 103 Å². The quantitative estimate of drug-likeness (QED) is 0.183. The van der Waals surface area contributed by atoms with E-state index in [4.69, 9.17) is 0 Å². The summed E-state index contributed by atoms with van der Waals surface area (Å²) in [7, 11) is 2.44. The van der Waals surface area contributed by atoms with Crippen LogP contribution in [0.5, 0.6) is 0 Å². The molecular formula is C49H32BN2S. The van der Waals surface area contributed by atoms with Crippen molar-refractivity contribution in [1.29, 1.82) is 0 Å². The van der Waals surface area contributed by atoms with Crippen molar-refractivity contribution >= 4 is 93.7 Å².